The first-order chi connectivity index (χ1) is 12.6. The monoisotopic (exact) mass is 357 g/mol. The molecule has 2 aromatic rings. The maximum Gasteiger partial charge on any atom is 0.231 e. The molecule has 1 fully saturated rings. The lowest BCUT2D eigenvalue weighted by Gasteiger charge is -2.34. The minimum Gasteiger partial charge on any atom is -0.454 e. The lowest BCUT2D eigenvalue weighted by molar-refractivity contribution is -0.132. The van der Waals surface area contributed by atoms with Crippen molar-refractivity contribution in [3.8, 4) is 11.5 Å². The number of benzene rings is 1. The van der Waals surface area contributed by atoms with Crippen molar-refractivity contribution in [3.05, 3.63) is 42.0 Å². The number of aliphatic hydroxyl groups is 1. The molecule has 1 atom stereocenters. The summed E-state index contributed by atoms with van der Waals surface area (Å²) in [7, 11) is 1.88. The summed E-state index contributed by atoms with van der Waals surface area (Å²) >= 11 is 0. The van der Waals surface area contributed by atoms with Crippen molar-refractivity contribution in [1.29, 1.82) is 0 Å². The number of rotatable bonds is 4. The molecule has 2 aliphatic rings. The van der Waals surface area contributed by atoms with E-state index in [9.17, 15) is 9.90 Å². The Bertz CT molecular complexity index is 796. The molecule has 7 heteroatoms. The molecule has 26 heavy (non-hydrogen) atoms. The largest absolute Gasteiger partial charge is 0.454 e. The maximum atomic E-state index is 12.6. The van der Waals surface area contributed by atoms with Crippen LogP contribution in [-0.2, 0) is 18.3 Å². The number of aliphatic hydroxyl groups excluding tert-OH is 1. The van der Waals surface area contributed by atoms with E-state index in [-0.39, 0.29) is 18.6 Å². The Labute approximate surface area is 152 Å². The number of aromatic nitrogens is 2. The molecule has 4 rings (SSSR count). The van der Waals surface area contributed by atoms with E-state index in [2.05, 4.69) is 4.98 Å². The number of carbonyl (C=O) groups is 1. The highest BCUT2D eigenvalue weighted by atomic mass is 16.7. The summed E-state index contributed by atoms with van der Waals surface area (Å²) < 4.78 is 12.5. The van der Waals surface area contributed by atoms with Crippen molar-refractivity contribution < 1.29 is 19.4 Å². The number of aryl methyl sites for hydroxylation is 1. The quantitative estimate of drug-likeness (QED) is 0.901. The van der Waals surface area contributed by atoms with E-state index in [0.29, 0.717) is 31.1 Å². The van der Waals surface area contributed by atoms with Crippen molar-refractivity contribution in [2.45, 2.75) is 25.4 Å². The molecule has 1 aromatic heterocycles. The number of hydrogen-bond donors (Lipinski definition) is 1. The van der Waals surface area contributed by atoms with Gasteiger partial charge in [-0.1, -0.05) is 6.07 Å². The van der Waals surface area contributed by atoms with Crippen LogP contribution in [0.25, 0.3) is 0 Å². The number of carbonyl (C=O) groups excluding carboxylic acids is 1. The Balaban J connectivity index is 1.33. The van der Waals surface area contributed by atoms with Crippen molar-refractivity contribution >= 4 is 5.91 Å². The topological polar surface area (TPSA) is 76.8 Å². The van der Waals surface area contributed by atoms with Gasteiger partial charge < -0.3 is 24.0 Å². The van der Waals surface area contributed by atoms with Crippen molar-refractivity contribution in [2.75, 3.05) is 19.9 Å². The maximum absolute atomic E-state index is 12.6. The Kier molecular flexibility index (Phi) is 4.55. The molecule has 0 bridgehead atoms. The van der Waals surface area contributed by atoms with Gasteiger partial charge >= 0.3 is 0 Å². The molecule has 2 aliphatic heterocycles. The molecule has 0 spiro atoms. The summed E-state index contributed by atoms with van der Waals surface area (Å²) in [5.74, 6) is 2.35. The van der Waals surface area contributed by atoms with E-state index < -0.39 is 6.10 Å². The molecule has 0 radical (unpaired) electrons. The number of fused-ring (bicyclic) bond motifs is 1. The number of piperidine rings is 1. The van der Waals surface area contributed by atoms with Crippen molar-refractivity contribution in [2.24, 2.45) is 13.0 Å². The molecule has 1 saturated heterocycles. The second-order valence-electron chi connectivity index (χ2n) is 6.92. The van der Waals surface area contributed by atoms with E-state index in [0.717, 1.165) is 24.2 Å². The van der Waals surface area contributed by atoms with Crippen molar-refractivity contribution in [3.63, 3.8) is 0 Å². The summed E-state index contributed by atoms with van der Waals surface area (Å²) in [6, 6.07) is 5.63. The first kappa shape index (κ1) is 16.9. The second kappa shape index (κ2) is 6.99. The van der Waals surface area contributed by atoms with E-state index >= 15 is 0 Å². The molecule has 1 aromatic carbocycles. The van der Waals surface area contributed by atoms with Gasteiger partial charge in [0.15, 0.2) is 11.5 Å². The van der Waals surface area contributed by atoms with Gasteiger partial charge in [0, 0.05) is 32.5 Å². The summed E-state index contributed by atoms with van der Waals surface area (Å²) in [6.45, 7) is 1.56. The fraction of sp³-hybridized carbons (Fsp3) is 0.474. The average molecular weight is 357 g/mol. The van der Waals surface area contributed by atoms with Crippen LogP contribution in [0.2, 0.25) is 0 Å². The summed E-state index contributed by atoms with van der Waals surface area (Å²) in [6.07, 6.45) is 4.86. The van der Waals surface area contributed by atoms with Crippen LogP contribution in [0, 0.1) is 5.92 Å². The number of imidazole rings is 1. The van der Waals surface area contributed by atoms with E-state index in [4.69, 9.17) is 9.47 Å². The van der Waals surface area contributed by atoms with E-state index in [1.165, 1.54) is 0 Å². The molecule has 3 heterocycles. The standard InChI is InChI=1S/C19H23N3O4/c1-21-9-6-20-19(21)18(24)14-4-7-22(8-5-14)17(23)11-13-2-3-15-16(10-13)26-12-25-15/h2-3,6,9-10,14,18,24H,4-5,7-8,11-12H2,1H3/t18-/m0/s1. The fourth-order valence-corrected chi connectivity index (χ4v) is 3.67. The van der Waals surface area contributed by atoms with Gasteiger partial charge in [-0.3, -0.25) is 4.79 Å². The lowest BCUT2D eigenvalue weighted by Crippen LogP contribution is -2.40. The van der Waals surface area contributed by atoms with Crippen LogP contribution < -0.4 is 9.47 Å². The average Bonchev–Trinajstić information content (AvgIpc) is 3.29. The molecule has 7 nitrogen and oxygen atoms in total. The molecule has 0 saturated carbocycles. The normalized spacial score (nSPS) is 18.2. The molecule has 1 N–H and O–H groups in total. The SMILES string of the molecule is Cn1ccnc1[C@@H](O)C1CCN(C(=O)Cc2ccc3c(c2)OCO3)CC1. The first-order valence-corrected chi connectivity index (χ1v) is 8.93. The number of ether oxygens (including phenoxy) is 2. The number of nitrogens with zero attached hydrogens (tertiary/aromatic N) is 3. The zero-order valence-electron chi connectivity index (χ0n) is 14.8. The van der Waals surface area contributed by atoms with Crippen LogP contribution in [0.4, 0.5) is 0 Å². The van der Waals surface area contributed by atoms with Gasteiger partial charge in [0.1, 0.15) is 11.9 Å². The molecule has 0 aliphatic carbocycles. The smallest absolute Gasteiger partial charge is 0.231 e. The minimum absolute atomic E-state index is 0.105. The molecule has 0 unspecified atom stereocenters. The minimum atomic E-state index is -0.582. The Morgan fingerprint density at radius 1 is 1.31 bits per heavy atom. The van der Waals surface area contributed by atoms with E-state index in [1.54, 1.807) is 6.20 Å². The molecular formula is C19H23N3O4. The van der Waals surface area contributed by atoms with Gasteiger partial charge in [-0.05, 0) is 36.5 Å². The molecular weight excluding hydrogens is 334 g/mol. The highest BCUT2D eigenvalue weighted by Crippen LogP contribution is 2.33. The van der Waals surface area contributed by atoms with E-state index in [1.807, 2.05) is 40.9 Å². The number of likely N-dealkylation sites (tertiary alicyclic amines) is 1. The second-order valence-corrected chi connectivity index (χ2v) is 6.92. The van der Waals surface area contributed by atoms with Crippen LogP contribution in [0.3, 0.4) is 0 Å². The van der Waals surface area contributed by atoms with Gasteiger partial charge in [-0.25, -0.2) is 4.98 Å². The third-order valence-corrected chi connectivity index (χ3v) is 5.25. The highest BCUT2D eigenvalue weighted by Gasteiger charge is 2.30. The zero-order valence-corrected chi connectivity index (χ0v) is 14.8. The highest BCUT2D eigenvalue weighted by molar-refractivity contribution is 5.79. The summed E-state index contributed by atoms with van der Waals surface area (Å²) in [5, 5.41) is 10.6. The predicted molar refractivity (Wildman–Crippen MR) is 93.7 cm³/mol. The summed E-state index contributed by atoms with van der Waals surface area (Å²) in [5.41, 5.74) is 0.925. The third-order valence-electron chi connectivity index (χ3n) is 5.25. The van der Waals surface area contributed by atoms with Gasteiger partial charge in [0.25, 0.3) is 0 Å². The number of amides is 1. The van der Waals surface area contributed by atoms with Gasteiger partial charge in [-0.15, -0.1) is 0 Å². The van der Waals surface area contributed by atoms with Crippen molar-refractivity contribution in [1.82, 2.24) is 14.5 Å². The number of hydrogen-bond acceptors (Lipinski definition) is 5. The third kappa shape index (κ3) is 3.26. The summed E-state index contributed by atoms with van der Waals surface area (Å²) in [4.78, 5) is 18.7. The molecule has 138 valence electrons. The fourth-order valence-electron chi connectivity index (χ4n) is 3.67. The van der Waals surface area contributed by atoms with Gasteiger partial charge in [-0.2, -0.15) is 0 Å². The predicted octanol–water partition coefficient (Wildman–Crippen LogP) is 1.66. The van der Waals surface area contributed by atoms with Gasteiger partial charge in [0.2, 0.25) is 12.7 Å². The Hall–Kier alpha value is -2.54. The van der Waals surface area contributed by atoms with Crippen LogP contribution in [0.5, 0.6) is 11.5 Å². The first-order valence-electron chi connectivity index (χ1n) is 8.93. The molecule has 1 amide bonds. The Morgan fingerprint density at radius 2 is 2.08 bits per heavy atom. The lowest BCUT2D eigenvalue weighted by atomic mass is 9.90. The van der Waals surface area contributed by atoms with Crippen LogP contribution in [0.15, 0.2) is 30.6 Å². The Morgan fingerprint density at radius 3 is 2.81 bits per heavy atom. The van der Waals surface area contributed by atoms with Crippen LogP contribution >= 0.6 is 0 Å². The van der Waals surface area contributed by atoms with Crippen LogP contribution in [0.1, 0.15) is 30.3 Å². The zero-order chi connectivity index (χ0) is 18.1. The van der Waals surface area contributed by atoms with Gasteiger partial charge in [0.05, 0.1) is 6.42 Å². The van der Waals surface area contributed by atoms with Crippen LogP contribution in [-0.4, -0.2) is 45.3 Å².